The van der Waals surface area contributed by atoms with Crippen molar-refractivity contribution in [2.24, 2.45) is 29.1 Å². The van der Waals surface area contributed by atoms with E-state index in [-0.39, 0.29) is 47.0 Å². The first-order chi connectivity index (χ1) is 12.4. The zero-order valence-electron chi connectivity index (χ0n) is 14.8. The van der Waals surface area contributed by atoms with E-state index in [4.69, 9.17) is 4.74 Å². The average molecular weight is 351 g/mol. The molecule has 134 valence electrons. The third kappa shape index (κ3) is 1.89. The predicted molar refractivity (Wildman–Crippen MR) is 94.3 cm³/mol. The molecule has 0 N–H and O–H groups in total. The van der Waals surface area contributed by atoms with Crippen molar-refractivity contribution in [3.05, 3.63) is 42.0 Å². The third-order valence-electron chi connectivity index (χ3n) is 6.56. The lowest BCUT2D eigenvalue weighted by molar-refractivity contribution is -0.123. The zero-order valence-corrected chi connectivity index (χ0v) is 14.8. The fraction of sp³-hybridized carbons (Fsp3) is 0.476. The van der Waals surface area contributed by atoms with E-state index in [1.807, 2.05) is 0 Å². The number of rotatable bonds is 3. The van der Waals surface area contributed by atoms with Crippen molar-refractivity contribution in [1.29, 1.82) is 0 Å². The van der Waals surface area contributed by atoms with Crippen LogP contribution >= 0.6 is 0 Å². The first-order valence-electron chi connectivity index (χ1n) is 9.31. The minimum absolute atomic E-state index is 0.0827. The first-order valence-corrected chi connectivity index (χ1v) is 9.31. The van der Waals surface area contributed by atoms with E-state index in [9.17, 15) is 14.4 Å². The number of carbonyl (C=O) groups excluding carboxylic acids is 3. The molecular formula is C21H21NO4. The summed E-state index contributed by atoms with van der Waals surface area (Å²) >= 11 is 0. The largest absolute Gasteiger partial charge is 0.459 e. The first kappa shape index (κ1) is 15.8. The molecular weight excluding hydrogens is 330 g/mol. The molecule has 0 radical (unpaired) electrons. The molecule has 4 aliphatic rings. The molecule has 1 saturated heterocycles. The Morgan fingerprint density at radius 2 is 1.58 bits per heavy atom. The zero-order chi connectivity index (χ0) is 18.2. The minimum Gasteiger partial charge on any atom is -0.459 e. The maximum atomic E-state index is 13.0. The van der Waals surface area contributed by atoms with Gasteiger partial charge in [0.1, 0.15) is 0 Å². The summed E-state index contributed by atoms with van der Waals surface area (Å²) in [4.78, 5) is 39.4. The van der Waals surface area contributed by atoms with E-state index in [0.717, 1.165) is 12.8 Å². The SMILES string of the molecule is CC(C)OC(=O)c1ccc(N2C(=O)[C@@H]3[C@H](C2=O)[C@H]2C=C[C@H]3C23CC3)cc1. The Bertz CT molecular complexity index is 815. The molecule has 0 unspecified atom stereocenters. The maximum Gasteiger partial charge on any atom is 0.338 e. The van der Waals surface area contributed by atoms with Gasteiger partial charge in [-0.3, -0.25) is 14.5 Å². The van der Waals surface area contributed by atoms with E-state index < -0.39 is 5.97 Å². The second-order valence-electron chi connectivity index (χ2n) is 8.23. The summed E-state index contributed by atoms with van der Waals surface area (Å²) in [7, 11) is 0. The van der Waals surface area contributed by atoms with Gasteiger partial charge in [-0.25, -0.2) is 4.79 Å². The van der Waals surface area contributed by atoms with E-state index in [2.05, 4.69) is 12.2 Å². The van der Waals surface area contributed by atoms with Crippen LogP contribution < -0.4 is 4.90 Å². The van der Waals surface area contributed by atoms with Crippen LogP contribution in [0.15, 0.2) is 36.4 Å². The molecule has 3 aliphatic carbocycles. The third-order valence-corrected chi connectivity index (χ3v) is 6.56. The topological polar surface area (TPSA) is 63.7 Å². The van der Waals surface area contributed by atoms with Gasteiger partial charge in [-0.15, -0.1) is 0 Å². The van der Waals surface area contributed by atoms with Crippen LogP contribution in [-0.4, -0.2) is 23.9 Å². The normalized spacial score (nSPS) is 32.7. The Morgan fingerprint density at radius 1 is 1.04 bits per heavy atom. The average Bonchev–Trinajstić information content (AvgIpc) is 3.20. The van der Waals surface area contributed by atoms with Gasteiger partial charge in [-0.05, 0) is 68.2 Å². The second-order valence-corrected chi connectivity index (χ2v) is 8.23. The Balaban J connectivity index is 1.41. The van der Waals surface area contributed by atoms with Crippen molar-refractivity contribution >= 4 is 23.5 Å². The number of anilines is 1. The summed E-state index contributed by atoms with van der Waals surface area (Å²) in [5, 5.41) is 0. The van der Waals surface area contributed by atoms with Crippen LogP contribution in [0.1, 0.15) is 37.0 Å². The Hall–Kier alpha value is -2.43. The van der Waals surface area contributed by atoms with Gasteiger partial charge in [0.15, 0.2) is 0 Å². The fourth-order valence-electron chi connectivity index (χ4n) is 5.36. The molecule has 1 heterocycles. The van der Waals surface area contributed by atoms with Crippen molar-refractivity contribution in [3.63, 3.8) is 0 Å². The number of amides is 2. The lowest BCUT2D eigenvalue weighted by Crippen LogP contribution is -2.34. The van der Waals surface area contributed by atoms with Gasteiger partial charge in [0.05, 0.1) is 29.2 Å². The number of fused-ring (bicyclic) bond motifs is 3. The number of imide groups is 1. The van der Waals surface area contributed by atoms with Gasteiger partial charge in [0, 0.05) is 0 Å². The van der Waals surface area contributed by atoms with Crippen LogP contribution in [0.4, 0.5) is 5.69 Å². The molecule has 5 nitrogen and oxygen atoms in total. The van der Waals surface area contributed by atoms with Crippen LogP contribution in [0.5, 0.6) is 0 Å². The molecule has 2 bridgehead atoms. The molecule has 1 aromatic carbocycles. The number of carbonyl (C=O) groups is 3. The van der Waals surface area contributed by atoms with Crippen molar-refractivity contribution in [2.45, 2.75) is 32.8 Å². The smallest absolute Gasteiger partial charge is 0.338 e. The standard InChI is InChI=1S/C21H21NO4/c1-11(2)26-20(25)12-3-5-13(6-4-12)22-18(23)16-14-7-8-15(17(16)19(22)24)21(14)9-10-21/h3-8,11,14-17H,9-10H2,1-2H3/t14-,15-,16-,17+/m1/s1. The lowest BCUT2D eigenvalue weighted by Gasteiger charge is -2.21. The van der Waals surface area contributed by atoms with Crippen LogP contribution in [0.25, 0.3) is 0 Å². The van der Waals surface area contributed by atoms with Crippen molar-refractivity contribution in [2.75, 3.05) is 4.90 Å². The van der Waals surface area contributed by atoms with Gasteiger partial charge in [-0.2, -0.15) is 0 Å². The lowest BCUT2D eigenvalue weighted by atomic mass is 9.85. The van der Waals surface area contributed by atoms with Crippen LogP contribution in [0.2, 0.25) is 0 Å². The predicted octanol–water partition coefficient (Wildman–Crippen LogP) is 2.95. The van der Waals surface area contributed by atoms with Gasteiger partial charge in [0.2, 0.25) is 11.8 Å². The summed E-state index contributed by atoms with van der Waals surface area (Å²) in [5.41, 5.74) is 1.16. The number of esters is 1. The van der Waals surface area contributed by atoms with Crippen LogP contribution in [0, 0.1) is 29.1 Å². The van der Waals surface area contributed by atoms with Gasteiger partial charge in [0.25, 0.3) is 0 Å². The molecule has 26 heavy (non-hydrogen) atoms. The summed E-state index contributed by atoms with van der Waals surface area (Å²) in [6, 6.07) is 6.56. The van der Waals surface area contributed by atoms with Gasteiger partial charge >= 0.3 is 5.97 Å². The van der Waals surface area contributed by atoms with Crippen molar-refractivity contribution in [1.82, 2.24) is 0 Å². The van der Waals surface area contributed by atoms with Crippen molar-refractivity contribution in [3.8, 4) is 0 Å². The number of ether oxygens (including phenoxy) is 1. The van der Waals surface area contributed by atoms with E-state index >= 15 is 0 Å². The molecule has 2 saturated carbocycles. The summed E-state index contributed by atoms with van der Waals surface area (Å²) in [6.45, 7) is 3.59. The molecule has 1 aliphatic heterocycles. The van der Waals surface area contributed by atoms with E-state index in [0.29, 0.717) is 11.3 Å². The molecule has 5 heteroatoms. The summed E-state index contributed by atoms with van der Waals surface area (Å²) < 4.78 is 5.18. The molecule has 1 spiro atoms. The number of benzene rings is 1. The van der Waals surface area contributed by atoms with Crippen LogP contribution in [-0.2, 0) is 14.3 Å². The summed E-state index contributed by atoms with van der Waals surface area (Å²) in [6.07, 6.45) is 6.41. The van der Waals surface area contributed by atoms with Gasteiger partial charge in [-0.1, -0.05) is 12.2 Å². The highest BCUT2D eigenvalue weighted by Gasteiger charge is 2.73. The minimum atomic E-state index is -0.402. The quantitative estimate of drug-likeness (QED) is 0.477. The molecule has 5 rings (SSSR count). The van der Waals surface area contributed by atoms with Crippen LogP contribution in [0.3, 0.4) is 0 Å². The number of allylic oxidation sites excluding steroid dienone is 2. The van der Waals surface area contributed by atoms with Crippen molar-refractivity contribution < 1.29 is 19.1 Å². The monoisotopic (exact) mass is 351 g/mol. The molecule has 2 amide bonds. The Kier molecular flexibility index (Phi) is 3.07. The number of nitrogens with zero attached hydrogens (tertiary/aromatic N) is 1. The fourth-order valence-corrected chi connectivity index (χ4v) is 5.36. The Labute approximate surface area is 152 Å². The Morgan fingerprint density at radius 3 is 2.04 bits per heavy atom. The maximum absolute atomic E-state index is 13.0. The second kappa shape index (κ2) is 5.06. The number of hydrogen-bond acceptors (Lipinski definition) is 4. The van der Waals surface area contributed by atoms with Gasteiger partial charge < -0.3 is 4.74 Å². The highest BCUT2D eigenvalue weighted by Crippen LogP contribution is 2.73. The molecule has 0 aromatic heterocycles. The molecule has 4 atom stereocenters. The summed E-state index contributed by atoms with van der Waals surface area (Å²) in [5.74, 6) is -0.531. The number of hydrogen-bond donors (Lipinski definition) is 0. The highest BCUT2D eigenvalue weighted by molar-refractivity contribution is 6.23. The van der Waals surface area contributed by atoms with E-state index in [1.54, 1.807) is 38.1 Å². The van der Waals surface area contributed by atoms with E-state index in [1.165, 1.54) is 4.90 Å². The molecule has 1 aromatic rings. The molecule has 3 fully saturated rings. The highest BCUT2D eigenvalue weighted by atomic mass is 16.5.